The Balaban J connectivity index is 1.63. The number of nitrogens with zero attached hydrogens (tertiary/aromatic N) is 1. The van der Waals surface area contributed by atoms with Crippen LogP contribution in [-0.4, -0.2) is 37.8 Å². The van der Waals surface area contributed by atoms with Crippen molar-refractivity contribution in [3.63, 3.8) is 0 Å². The molecule has 3 aromatic carbocycles. The van der Waals surface area contributed by atoms with Crippen LogP contribution in [0.2, 0.25) is 0 Å². The molecule has 0 saturated carbocycles. The van der Waals surface area contributed by atoms with Crippen LogP contribution < -0.4 is 9.47 Å². The number of fused-ring (bicyclic) bond motifs is 3. The molecule has 7 nitrogen and oxygen atoms in total. The highest BCUT2D eigenvalue weighted by Crippen LogP contribution is 2.46. The van der Waals surface area contributed by atoms with Crippen LogP contribution in [0.25, 0.3) is 11.1 Å². The molecule has 5 rings (SSSR count). The summed E-state index contributed by atoms with van der Waals surface area (Å²) in [7, 11) is 3.13. The van der Waals surface area contributed by atoms with Crippen molar-refractivity contribution < 1.29 is 28.6 Å². The van der Waals surface area contributed by atoms with E-state index in [1.807, 2.05) is 54.6 Å². The Kier molecular flexibility index (Phi) is 5.26. The normalized spacial score (nSPS) is 19.7. The summed E-state index contributed by atoms with van der Waals surface area (Å²) in [6.07, 6.45) is 0.876. The molecule has 3 aromatic rings. The Morgan fingerprint density at radius 2 is 1.61 bits per heavy atom. The Morgan fingerprint density at radius 1 is 0.879 bits per heavy atom. The number of hydrogen-bond acceptors (Lipinski definition) is 7. The fourth-order valence-corrected chi connectivity index (χ4v) is 4.57. The summed E-state index contributed by atoms with van der Waals surface area (Å²) < 4.78 is 16.8. The third kappa shape index (κ3) is 3.60. The van der Waals surface area contributed by atoms with Crippen LogP contribution in [0.15, 0.2) is 66.7 Å². The van der Waals surface area contributed by atoms with Crippen molar-refractivity contribution >= 4 is 11.9 Å². The van der Waals surface area contributed by atoms with Gasteiger partial charge in [-0.15, -0.1) is 0 Å². The predicted molar refractivity (Wildman–Crippen MR) is 119 cm³/mol. The zero-order valence-electron chi connectivity index (χ0n) is 18.4. The van der Waals surface area contributed by atoms with Gasteiger partial charge in [0.25, 0.3) is 0 Å². The van der Waals surface area contributed by atoms with Crippen molar-refractivity contribution in [3.8, 4) is 22.6 Å². The molecular weight excluding hydrogens is 422 g/mol. The van der Waals surface area contributed by atoms with Gasteiger partial charge >= 0.3 is 11.9 Å². The van der Waals surface area contributed by atoms with E-state index in [4.69, 9.17) is 19.0 Å². The third-order valence-electron chi connectivity index (χ3n) is 6.12. The second kappa shape index (κ2) is 8.26. The van der Waals surface area contributed by atoms with Gasteiger partial charge in [-0.25, -0.2) is 9.59 Å². The number of carbonyl (C=O) groups excluding carboxylic acids is 2. The predicted octanol–water partition coefficient (Wildman–Crippen LogP) is 3.64. The molecule has 1 atom stereocenters. The fraction of sp³-hybridized carbons (Fsp3) is 0.231. The highest BCUT2D eigenvalue weighted by atomic mass is 16.8. The molecule has 1 saturated heterocycles. The number of esters is 1. The smallest absolute Gasteiger partial charge is 0.436 e. The molecule has 0 spiro atoms. The zero-order valence-corrected chi connectivity index (χ0v) is 18.4. The first kappa shape index (κ1) is 21.0. The van der Waals surface area contributed by atoms with Crippen LogP contribution in [0.5, 0.6) is 11.5 Å². The van der Waals surface area contributed by atoms with Gasteiger partial charge in [0, 0.05) is 18.5 Å². The Morgan fingerprint density at radius 3 is 2.36 bits per heavy atom. The molecule has 0 radical (unpaired) electrons. The molecule has 0 bridgehead atoms. The molecule has 1 unspecified atom stereocenters. The summed E-state index contributed by atoms with van der Waals surface area (Å²) in [5.41, 5.74) is 3.38. The van der Waals surface area contributed by atoms with E-state index in [-0.39, 0.29) is 6.42 Å². The molecule has 168 valence electrons. The van der Waals surface area contributed by atoms with E-state index in [0.29, 0.717) is 30.0 Å². The first-order chi connectivity index (χ1) is 16.0. The summed E-state index contributed by atoms with van der Waals surface area (Å²) >= 11 is 0. The second-order valence-electron chi connectivity index (χ2n) is 8.01. The van der Waals surface area contributed by atoms with Crippen molar-refractivity contribution in [1.29, 1.82) is 0 Å². The molecule has 2 aliphatic heterocycles. The first-order valence-corrected chi connectivity index (χ1v) is 10.7. The number of ether oxygens (including phenoxy) is 3. The Labute approximate surface area is 191 Å². The van der Waals surface area contributed by atoms with Gasteiger partial charge in [-0.1, -0.05) is 59.7 Å². The van der Waals surface area contributed by atoms with Crippen LogP contribution in [0.1, 0.15) is 16.7 Å². The van der Waals surface area contributed by atoms with Gasteiger partial charge in [0.05, 0.1) is 14.2 Å². The highest BCUT2D eigenvalue weighted by molar-refractivity contribution is 6.30. The van der Waals surface area contributed by atoms with Crippen molar-refractivity contribution in [2.75, 3.05) is 20.8 Å². The second-order valence-corrected chi connectivity index (χ2v) is 8.01. The molecule has 7 heteroatoms. The minimum atomic E-state index is -1.31. The van der Waals surface area contributed by atoms with Crippen molar-refractivity contribution in [2.45, 2.75) is 18.6 Å². The molecule has 0 aromatic heterocycles. The van der Waals surface area contributed by atoms with Gasteiger partial charge in [0.1, 0.15) is 0 Å². The average Bonchev–Trinajstić information content (AvgIpc) is 2.85. The van der Waals surface area contributed by atoms with Crippen LogP contribution >= 0.6 is 0 Å². The molecule has 2 heterocycles. The van der Waals surface area contributed by atoms with Gasteiger partial charge in [-0.3, -0.25) is 0 Å². The fourth-order valence-electron chi connectivity index (χ4n) is 4.57. The van der Waals surface area contributed by atoms with Crippen LogP contribution in [0, 0.1) is 0 Å². The summed E-state index contributed by atoms with van der Waals surface area (Å²) in [6.45, 7) is 0.375. The van der Waals surface area contributed by atoms with E-state index in [2.05, 4.69) is 6.07 Å². The number of benzene rings is 3. The SMILES string of the molecule is COc1cc2c(cc1OC)C1(Cc3cccc(-c4ccccc4)c3)OC(=O)C(=O)ON1CC2. The van der Waals surface area contributed by atoms with Crippen molar-refractivity contribution in [1.82, 2.24) is 5.06 Å². The van der Waals surface area contributed by atoms with Crippen molar-refractivity contribution in [3.05, 3.63) is 83.4 Å². The van der Waals surface area contributed by atoms with E-state index < -0.39 is 17.7 Å². The van der Waals surface area contributed by atoms with E-state index >= 15 is 0 Å². The lowest BCUT2D eigenvalue weighted by Crippen LogP contribution is -2.60. The third-order valence-corrected chi connectivity index (χ3v) is 6.12. The maximum Gasteiger partial charge on any atom is 0.436 e. The Hall–Kier alpha value is -3.84. The van der Waals surface area contributed by atoms with Crippen LogP contribution in [0.4, 0.5) is 0 Å². The lowest BCUT2D eigenvalue weighted by Gasteiger charge is -2.47. The van der Waals surface area contributed by atoms with E-state index in [9.17, 15) is 9.59 Å². The molecule has 1 fully saturated rings. The number of hydrogen-bond donors (Lipinski definition) is 0. The molecule has 0 amide bonds. The van der Waals surface area contributed by atoms with Crippen LogP contribution in [0.3, 0.4) is 0 Å². The highest BCUT2D eigenvalue weighted by Gasteiger charge is 2.54. The summed E-state index contributed by atoms with van der Waals surface area (Å²) in [5.74, 6) is -0.950. The summed E-state index contributed by atoms with van der Waals surface area (Å²) in [4.78, 5) is 29.9. The largest absolute Gasteiger partial charge is 0.493 e. The maximum atomic E-state index is 12.4. The minimum Gasteiger partial charge on any atom is -0.493 e. The summed E-state index contributed by atoms with van der Waals surface area (Å²) in [5, 5.41) is 1.47. The molecule has 0 aliphatic carbocycles. The van der Waals surface area contributed by atoms with E-state index in [0.717, 1.165) is 22.3 Å². The van der Waals surface area contributed by atoms with E-state index in [1.54, 1.807) is 20.3 Å². The van der Waals surface area contributed by atoms with Gasteiger partial charge in [-0.2, -0.15) is 0 Å². The molecular formula is C26H23NO6. The quantitative estimate of drug-likeness (QED) is 0.439. The standard InChI is InChI=1S/C26H23NO6/c1-30-22-14-20-11-12-27-26(21(20)15-23(22)31-2,32-24(28)25(29)33-27)16-17-7-6-10-19(13-17)18-8-4-3-5-9-18/h3-10,13-15H,11-12,16H2,1-2H3. The molecule has 33 heavy (non-hydrogen) atoms. The zero-order chi connectivity index (χ0) is 23.0. The number of methoxy groups -OCH3 is 2. The maximum absolute atomic E-state index is 12.4. The summed E-state index contributed by atoms with van der Waals surface area (Å²) in [6, 6.07) is 21.7. The van der Waals surface area contributed by atoms with Gasteiger partial charge in [0.2, 0.25) is 5.72 Å². The van der Waals surface area contributed by atoms with Gasteiger partial charge in [0.15, 0.2) is 11.5 Å². The van der Waals surface area contributed by atoms with Crippen LogP contribution in [-0.2, 0) is 37.7 Å². The lowest BCUT2D eigenvalue weighted by molar-refractivity contribution is -0.316. The average molecular weight is 445 g/mol. The molecule has 0 N–H and O–H groups in total. The topological polar surface area (TPSA) is 74.3 Å². The number of carbonyl (C=O) groups is 2. The van der Waals surface area contributed by atoms with E-state index in [1.165, 1.54) is 5.06 Å². The first-order valence-electron chi connectivity index (χ1n) is 10.7. The lowest BCUT2D eigenvalue weighted by atomic mass is 9.85. The monoisotopic (exact) mass is 445 g/mol. The van der Waals surface area contributed by atoms with Gasteiger partial charge in [-0.05, 0) is 40.8 Å². The number of hydroxylamine groups is 2. The van der Waals surface area contributed by atoms with Gasteiger partial charge < -0.3 is 19.0 Å². The number of rotatable bonds is 5. The van der Waals surface area contributed by atoms with Crippen molar-refractivity contribution in [2.24, 2.45) is 0 Å². The molecule has 2 aliphatic rings. The Bertz CT molecular complexity index is 1220. The minimum absolute atomic E-state index is 0.287.